The second-order valence-electron chi connectivity index (χ2n) is 2.87. The third-order valence-corrected chi connectivity index (χ3v) is 2.59. The van der Waals surface area contributed by atoms with Gasteiger partial charge in [-0.3, -0.25) is 4.79 Å². The highest BCUT2D eigenvalue weighted by Crippen LogP contribution is 2.05. The maximum atomic E-state index is 10.9. The first-order valence-electron chi connectivity index (χ1n) is 4.28. The number of halogens is 1. The summed E-state index contributed by atoms with van der Waals surface area (Å²) in [5.41, 5.74) is 0. The predicted molar refractivity (Wildman–Crippen MR) is 59.3 cm³/mol. The zero-order chi connectivity index (χ0) is 11.8. The molecule has 0 saturated heterocycles. The van der Waals surface area contributed by atoms with Crippen LogP contribution in [0.25, 0.3) is 0 Å². The number of thioether (sulfide) groups is 1. The number of hydrogen-bond donors (Lipinski definition) is 3. The highest BCUT2D eigenvalue weighted by atomic mass is 35.5. The number of carboxylic acid groups (broad SMARTS) is 1. The van der Waals surface area contributed by atoms with Gasteiger partial charge in [-0.15, -0.1) is 11.6 Å². The lowest BCUT2D eigenvalue weighted by molar-refractivity contribution is -0.144. The topological polar surface area (TPSA) is 86.6 Å². The van der Waals surface area contributed by atoms with E-state index in [1.807, 2.05) is 6.26 Å². The molecule has 0 aromatic carbocycles. The van der Waals surface area contributed by atoms with Gasteiger partial charge < -0.3 is 15.5 Å². The van der Waals surface area contributed by atoms with Gasteiger partial charge in [0.05, 0.1) is 6.10 Å². The van der Waals surface area contributed by atoms with Crippen LogP contribution >= 0.6 is 23.4 Å². The molecule has 88 valence electrons. The lowest BCUT2D eigenvalue weighted by atomic mass is 10.1. The van der Waals surface area contributed by atoms with Crippen LogP contribution in [-0.2, 0) is 9.59 Å². The van der Waals surface area contributed by atoms with Crippen molar-refractivity contribution in [3.8, 4) is 0 Å². The van der Waals surface area contributed by atoms with Gasteiger partial charge in [0.2, 0.25) is 5.91 Å². The van der Waals surface area contributed by atoms with Crippen molar-refractivity contribution in [3.63, 3.8) is 0 Å². The number of aliphatic hydroxyl groups excluding tert-OH is 1. The van der Waals surface area contributed by atoms with Crippen molar-refractivity contribution >= 4 is 35.2 Å². The molecule has 5 nitrogen and oxygen atoms in total. The van der Waals surface area contributed by atoms with E-state index in [1.54, 1.807) is 0 Å². The van der Waals surface area contributed by atoms with E-state index in [2.05, 4.69) is 5.32 Å². The lowest BCUT2D eigenvalue weighted by Crippen LogP contribution is -2.49. The smallest absolute Gasteiger partial charge is 0.328 e. The Morgan fingerprint density at radius 3 is 2.53 bits per heavy atom. The number of nitrogens with one attached hydrogen (secondary N) is 1. The molecule has 0 aliphatic rings. The van der Waals surface area contributed by atoms with Crippen molar-refractivity contribution < 1.29 is 19.8 Å². The van der Waals surface area contributed by atoms with Crippen molar-refractivity contribution in [2.24, 2.45) is 0 Å². The van der Waals surface area contributed by atoms with E-state index < -0.39 is 24.0 Å². The summed E-state index contributed by atoms with van der Waals surface area (Å²) < 4.78 is 0. The quantitative estimate of drug-likeness (QED) is 0.554. The van der Waals surface area contributed by atoms with Gasteiger partial charge in [-0.1, -0.05) is 0 Å². The van der Waals surface area contributed by atoms with Crippen LogP contribution in [-0.4, -0.2) is 52.1 Å². The fourth-order valence-electron chi connectivity index (χ4n) is 0.940. The molecule has 0 aliphatic heterocycles. The summed E-state index contributed by atoms with van der Waals surface area (Å²) in [5, 5.41) is 20.4. The van der Waals surface area contributed by atoms with Crippen LogP contribution in [0.4, 0.5) is 0 Å². The van der Waals surface area contributed by atoms with Crippen molar-refractivity contribution in [2.75, 3.05) is 17.9 Å². The fraction of sp³-hybridized carbons (Fsp3) is 0.750. The van der Waals surface area contributed by atoms with E-state index in [0.717, 1.165) is 0 Å². The minimum Gasteiger partial charge on any atom is -0.480 e. The molecule has 2 unspecified atom stereocenters. The van der Waals surface area contributed by atoms with Crippen LogP contribution in [0.1, 0.15) is 6.42 Å². The Bertz CT molecular complexity index is 227. The van der Waals surface area contributed by atoms with Gasteiger partial charge in [0, 0.05) is 0 Å². The zero-order valence-electron chi connectivity index (χ0n) is 8.27. The Balaban J connectivity index is 4.25. The van der Waals surface area contributed by atoms with Crippen LogP contribution in [0.15, 0.2) is 0 Å². The number of aliphatic carboxylic acids is 1. The number of aliphatic hydroxyl groups is 1. The highest BCUT2D eigenvalue weighted by molar-refractivity contribution is 7.98. The molecule has 0 saturated carbocycles. The van der Waals surface area contributed by atoms with Gasteiger partial charge in [-0.2, -0.15) is 11.8 Å². The van der Waals surface area contributed by atoms with Crippen molar-refractivity contribution in [1.29, 1.82) is 0 Å². The molecule has 0 fully saturated rings. The van der Waals surface area contributed by atoms with E-state index in [9.17, 15) is 14.7 Å². The van der Waals surface area contributed by atoms with E-state index in [1.165, 1.54) is 11.8 Å². The van der Waals surface area contributed by atoms with Crippen LogP contribution in [0.5, 0.6) is 0 Å². The number of carboxylic acids is 1. The third kappa shape index (κ3) is 5.86. The van der Waals surface area contributed by atoms with Gasteiger partial charge in [0.25, 0.3) is 0 Å². The predicted octanol–water partition coefficient (Wildman–Crippen LogP) is -0.0914. The van der Waals surface area contributed by atoms with Crippen molar-refractivity contribution in [2.45, 2.75) is 18.6 Å². The molecule has 2 atom stereocenters. The van der Waals surface area contributed by atoms with E-state index >= 15 is 0 Å². The molecule has 0 aromatic heterocycles. The number of rotatable bonds is 7. The van der Waals surface area contributed by atoms with E-state index in [0.29, 0.717) is 12.2 Å². The Morgan fingerprint density at radius 1 is 1.53 bits per heavy atom. The summed E-state index contributed by atoms with van der Waals surface area (Å²) in [6.07, 6.45) is 1.06. The Morgan fingerprint density at radius 2 is 2.13 bits per heavy atom. The first-order chi connectivity index (χ1) is 7.02. The average Bonchev–Trinajstić information content (AvgIpc) is 2.21. The second-order valence-corrected chi connectivity index (χ2v) is 4.12. The fourth-order valence-corrected chi connectivity index (χ4v) is 1.49. The number of alkyl halides is 1. The number of amides is 1. The summed E-state index contributed by atoms with van der Waals surface area (Å²) >= 11 is 6.71. The molecule has 0 heterocycles. The summed E-state index contributed by atoms with van der Waals surface area (Å²) in [7, 11) is 0. The number of hydrogen-bond acceptors (Lipinski definition) is 4. The maximum Gasteiger partial charge on any atom is 0.328 e. The minimum atomic E-state index is -1.29. The normalized spacial score (nSPS) is 14.3. The van der Waals surface area contributed by atoms with Crippen LogP contribution in [0, 0.1) is 0 Å². The molecule has 1 amide bonds. The summed E-state index contributed by atoms with van der Waals surface area (Å²) in [5.74, 6) is -1.56. The molecule has 0 radical (unpaired) electrons. The summed E-state index contributed by atoms with van der Waals surface area (Å²) in [6, 6.07) is -1.29. The Kier molecular flexibility index (Phi) is 7.54. The monoisotopic (exact) mass is 255 g/mol. The molecular formula is C8H14ClNO4S. The molecule has 7 heteroatoms. The lowest BCUT2D eigenvalue weighted by Gasteiger charge is -2.19. The number of carbonyl (C=O) groups is 2. The van der Waals surface area contributed by atoms with Gasteiger partial charge >= 0.3 is 5.97 Å². The molecule has 15 heavy (non-hydrogen) atoms. The summed E-state index contributed by atoms with van der Waals surface area (Å²) in [6.45, 7) is 0. The minimum absolute atomic E-state index is 0.306. The second kappa shape index (κ2) is 7.78. The van der Waals surface area contributed by atoms with Crippen LogP contribution in [0.2, 0.25) is 0 Å². The average molecular weight is 256 g/mol. The SMILES string of the molecule is CSCCC(O)C(NC(=O)CCl)C(=O)O. The highest BCUT2D eigenvalue weighted by Gasteiger charge is 2.27. The third-order valence-electron chi connectivity index (χ3n) is 1.71. The molecule has 0 aromatic rings. The van der Waals surface area contributed by atoms with Gasteiger partial charge in [-0.25, -0.2) is 4.79 Å². The van der Waals surface area contributed by atoms with Crippen molar-refractivity contribution in [1.82, 2.24) is 5.32 Å². The van der Waals surface area contributed by atoms with E-state index in [-0.39, 0.29) is 5.88 Å². The standard InChI is InChI=1S/C8H14ClNO4S/c1-15-3-2-5(11)7(8(13)14)10-6(12)4-9/h5,7,11H,2-4H2,1H3,(H,10,12)(H,13,14). The molecule has 0 aliphatic carbocycles. The molecule has 3 N–H and O–H groups in total. The molecular weight excluding hydrogens is 242 g/mol. The largest absolute Gasteiger partial charge is 0.480 e. The Hall–Kier alpha value is -0.460. The van der Waals surface area contributed by atoms with Gasteiger partial charge in [0.1, 0.15) is 5.88 Å². The molecule has 0 rings (SSSR count). The van der Waals surface area contributed by atoms with Crippen LogP contribution < -0.4 is 5.32 Å². The van der Waals surface area contributed by atoms with E-state index in [4.69, 9.17) is 16.7 Å². The number of carbonyl (C=O) groups excluding carboxylic acids is 1. The van der Waals surface area contributed by atoms with Crippen molar-refractivity contribution in [3.05, 3.63) is 0 Å². The first-order valence-corrected chi connectivity index (χ1v) is 6.21. The Labute approximate surface area is 97.2 Å². The zero-order valence-corrected chi connectivity index (χ0v) is 9.85. The van der Waals surface area contributed by atoms with Crippen LogP contribution in [0.3, 0.4) is 0 Å². The summed E-state index contributed by atoms with van der Waals surface area (Å²) in [4.78, 5) is 21.6. The molecule has 0 spiro atoms. The molecule has 0 bridgehead atoms. The first kappa shape index (κ1) is 14.5. The van der Waals surface area contributed by atoms with Gasteiger partial charge in [0.15, 0.2) is 6.04 Å². The maximum absolute atomic E-state index is 10.9. The van der Waals surface area contributed by atoms with Gasteiger partial charge in [-0.05, 0) is 18.4 Å².